The van der Waals surface area contributed by atoms with E-state index in [4.69, 9.17) is 4.74 Å². The van der Waals surface area contributed by atoms with Gasteiger partial charge in [0.25, 0.3) is 0 Å². The second kappa shape index (κ2) is 3.68. The molecule has 0 bridgehead atoms. The number of carbonyl (C=O) groups is 1. The first-order valence-corrected chi connectivity index (χ1v) is 5.32. The van der Waals surface area contributed by atoms with Crippen LogP contribution in [-0.2, 0) is 9.53 Å². The van der Waals surface area contributed by atoms with Gasteiger partial charge in [0.05, 0.1) is 0 Å². The Labute approximate surface area is 72.2 Å². The summed E-state index contributed by atoms with van der Waals surface area (Å²) in [5.41, 5.74) is 1.07. The van der Waals surface area contributed by atoms with E-state index in [0.717, 1.165) is 10.1 Å². The summed E-state index contributed by atoms with van der Waals surface area (Å²) in [6.07, 6.45) is 3.96. The van der Waals surface area contributed by atoms with Gasteiger partial charge in [-0.2, -0.15) is 0 Å². The van der Waals surface area contributed by atoms with Gasteiger partial charge in [-0.15, -0.1) is 0 Å². The number of allylic oxidation sites excluding steroid dienone is 2. The van der Waals surface area contributed by atoms with Gasteiger partial charge in [-0.25, -0.2) is 0 Å². The van der Waals surface area contributed by atoms with Gasteiger partial charge in [-0.1, -0.05) is 0 Å². The Morgan fingerprint density at radius 3 is 2.91 bits per heavy atom. The third-order valence-corrected chi connectivity index (χ3v) is 3.30. The fraction of sp³-hybridized carbons (Fsp3) is 0.250. The summed E-state index contributed by atoms with van der Waals surface area (Å²) in [4.78, 5) is 12.6. The second-order valence-corrected chi connectivity index (χ2v) is 4.24. The summed E-state index contributed by atoms with van der Waals surface area (Å²) in [5.74, 6) is -0.224. The molecule has 0 saturated carbocycles. The first-order valence-electron chi connectivity index (χ1n) is 3.30. The molecular weight excluding hydrogens is 203 g/mol. The van der Waals surface area contributed by atoms with E-state index in [2.05, 4.69) is 4.86 Å². The van der Waals surface area contributed by atoms with Gasteiger partial charge in [0, 0.05) is 0 Å². The fourth-order valence-corrected chi connectivity index (χ4v) is 2.32. The summed E-state index contributed by atoms with van der Waals surface area (Å²) in [6, 6.07) is 0. The SMILES string of the molecule is CC(=O)OC1=[As]C=CC=C1C. The number of ether oxygens (including phenoxy) is 1. The summed E-state index contributed by atoms with van der Waals surface area (Å²) in [5, 5.41) is 0. The zero-order chi connectivity index (χ0) is 8.27. The molecule has 1 aliphatic heterocycles. The molecule has 3 heteroatoms. The monoisotopic (exact) mass is 212 g/mol. The molecule has 0 spiro atoms. The third-order valence-electron chi connectivity index (χ3n) is 1.20. The summed E-state index contributed by atoms with van der Waals surface area (Å²) in [7, 11) is 0. The minimum absolute atomic E-state index is 0.0637. The number of hydrogen-bond acceptors (Lipinski definition) is 2. The fourth-order valence-electron chi connectivity index (χ4n) is 0.714. The van der Waals surface area contributed by atoms with Crippen LogP contribution in [0, 0.1) is 0 Å². The van der Waals surface area contributed by atoms with Gasteiger partial charge in [-0.3, -0.25) is 0 Å². The van der Waals surface area contributed by atoms with E-state index < -0.39 is 0 Å². The van der Waals surface area contributed by atoms with Gasteiger partial charge in [0.15, 0.2) is 0 Å². The molecule has 11 heavy (non-hydrogen) atoms. The van der Waals surface area contributed by atoms with Crippen molar-refractivity contribution in [2.45, 2.75) is 13.8 Å². The standard InChI is InChI=1S/C8H9AsO2/c1-6-4-3-5-9-8(6)11-7(2)10/h3-5H,1-2H3. The summed E-state index contributed by atoms with van der Waals surface area (Å²) >= 11 is -0.0637. The molecule has 0 aliphatic carbocycles. The average molecular weight is 212 g/mol. The van der Waals surface area contributed by atoms with Crippen LogP contribution >= 0.6 is 0 Å². The molecule has 0 radical (unpaired) electrons. The molecule has 0 atom stereocenters. The number of rotatable bonds is 1. The Morgan fingerprint density at radius 2 is 2.36 bits per heavy atom. The van der Waals surface area contributed by atoms with Crippen molar-refractivity contribution in [2.75, 3.05) is 0 Å². The van der Waals surface area contributed by atoms with Crippen LogP contribution in [0.1, 0.15) is 13.8 Å². The van der Waals surface area contributed by atoms with Crippen molar-refractivity contribution in [2.24, 2.45) is 0 Å². The Hall–Kier alpha value is -0.622. The average Bonchev–Trinajstić information content (AvgIpc) is 1.93. The molecule has 2 nitrogen and oxygen atoms in total. The normalized spacial score (nSPS) is 16.9. The van der Waals surface area contributed by atoms with Gasteiger partial charge >= 0.3 is 71.7 Å². The van der Waals surface area contributed by atoms with Crippen LogP contribution in [-0.4, -0.2) is 25.8 Å². The van der Waals surface area contributed by atoms with Gasteiger partial charge in [0.1, 0.15) is 0 Å². The van der Waals surface area contributed by atoms with E-state index in [0.29, 0.717) is 0 Å². The van der Waals surface area contributed by atoms with Gasteiger partial charge in [0.2, 0.25) is 0 Å². The van der Waals surface area contributed by atoms with Crippen LogP contribution in [0.5, 0.6) is 0 Å². The van der Waals surface area contributed by atoms with Crippen LogP contribution in [0.2, 0.25) is 0 Å². The van der Waals surface area contributed by atoms with Crippen LogP contribution in [0.25, 0.3) is 0 Å². The third kappa shape index (κ3) is 2.47. The predicted molar refractivity (Wildman–Crippen MR) is 45.4 cm³/mol. The Balaban J connectivity index is 2.73. The van der Waals surface area contributed by atoms with Crippen LogP contribution in [0.3, 0.4) is 0 Å². The molecule has 1 rings (SSSR count). The molecule has 0 unspecified atom stereocenters. The first kappa shape index (κ1) is 8.47. The van der Waals surface area contributed by atoms with E-state index >= 15 is 0 Å². The van der Waals surface area contributed by atoms with Crippen molar-refractivity contribution in [3.63, 3.8) is 0 Å². The first-order chi connectivity index (χ1) is 5.20. The molecule has 0 N–H and O–H groups in total. The van der Waals surface area contributed by atoms with Crippen LogP contribution in [0.4, 0.5) is 0 Å². The van der Waals surface area contributed by atoms with Crippen molar-refractivity contribution in [1.82, 2.24) is 0 Å². The zero-order valence-corrected chi connectivity index (χ0v) is 8.37. The van der Waals surface area contributed by atoms with Crippen molar-refractivity contribution >= 4 is 25.8 Å². The topological polar surface area (TPSA) is 26.3 Å². The van der Waals surface area contributed by atoms with Crippen molar-refractivity contribution in [3.05, 3.63) is 22.6 Å². The van der Waals surface area contributed by atoms with E-state index in [1.165, 1.54) is 6.92 Å². The van der Waals surface area contributed by atoms with Gasteiger partial charge < -0.3 is 0 Å². The Bertz CT molecular complexity index is 261. The molecule has 0 aromatic carbocycles. The number of hydrogen-bond donors (Lipinski definition) is 0. The van der Waals surface area contributed by atoms with E-state index in [9.17, 15) is 4.79 Å². The van der Waals surface area contributed by atoms with Crippen molar-refractivity contribution < 1.29 is 9.53 Å². The van der Waals surface area contributed by atoms with E-state index in [1.54, 1.807) is 0 Å². The maximum absolute atomic E-state index is 10.6. The molecule has 1 heterocycles. The molecule has 0 saturated heterocycles. The van der Waals surface area contributed by atoms with Crippen molar-refractivity contribution in [1.29, 1.82) is 0 Å². The molecule has 0 aromatic heterocycles. The predicted octanol–water partition coefficient (Wildman–Crippen LogP) is 0.857. The van der Waals surface area contributed by atoms with Crippen molar-refractivity contribution in [3.8, 4) is 0 Å². The Kier molecular flexibility index (Phi) is 2.83. The summed E-state index contributed by atoms with van der Waals surface area (Å²) in [6.45, 7) is 3.39. The zero-order valence-electron chi connectivity index (χ0n) is 6.50. The number of carbonyl (C=O) groups excluding carboxylic acids is 1. The molecular formula is C8H9AsO2. The molecule has 0 fully saturated rings. The second-order valence-electron chi connectivity index (χ2n) is 2.22. The minimum atomic E-state index is -0.224. The Morgan fingerprint density at radius 1 is 1.64 bits per heavy atom. The molecule has 1 aliphatic rings. The van der Waals surface area contributed by atoms with Crippen LogP contribution < -0.4 is 0 Å². The molecule has 0 amide bonds. The van der Waals surface area contributed by atoms with E-state index in [1.807, 2.05) is 19.1 Å². The molecule has 0 aromatic rings. The maximum atomic E-state index is 10.6. The summed E-state index contributed by atoms with van der Waals surface area (Å²) < 4.78 is 5.86. The van der Waals surface area contributed by atoms with Crippen LogP contribution in [0.15, 0.2) is 22.6 Å². The van der Waals surface area contributed by atoms with E-state index in [-0.39, 0.29) is 21.3 Å². The molecule has 58 valence electrons. The quantitative estimate of drug-likeness (QED) is 0.476. The van der Waals surface area contributed by atoms with Gasteiger partial charge in [-0.05, 0) is 0 Å². The number of esters is 1.